The van der Waals surface area contributed by atoms with E-state index in [1.54, 1.807) is 0 Å². The van der Waals surface area contributed by atoms with Gasteiger partial charge in [-0.15, -0.1) is 5.92 Å². The molecule has 1 fully saturated rings. The summed E-state index contributed by atoms with van der Waals surface area (Å²) in [6, 6.07) is 10.1. The summed E-state index contributed by atoms with van der Waals surface area (Å²) in [5, 5.41) is 0. The Morgan fingerprint density at radius 2 is 1.91 bits per heavy atom. The first-order chi connectivity index (χ1) is 11.1. The molecule has 0 spiro atoms. The van der Waals surface area contributed by atoms with E-state index in [-0.39, 0.29) is 12.2 Å². The van der Waals surface area contributed by atoms with Gasteiger partial charge in [0.1, 0.15) is 12.2 Å². The van der Waals surface area contributed by atoms with E-state index in [1.807, 2.05) is 32.0 Å². The second kappa shape index (κ2) is 9.08. The highest BCUT2D eigenvalue weighted by Crippen LogP contribution is 2.28. The lowest BCUT2D eigenvalue weighted by molar-refractivity contribution is -0.148. The lowest BCUT2D eigenvalue weighted by Crippen LogP contribution is -2.26. The molecule has 0 amide bonds. The van der Waals surface area contributed by atoms with Crippen molar-refractivity contribution in [1.82, 2.24) is 0 Å². The minimum Gasteiger partial charge on any atom is -0.374 e. The Kier molecular flexibility index (Phi) is 7.11. The number of ether oxygens (including phenoxy) is 3. The quantitative estimate of drug-likeness (QED) is 0.554. The molecule has 1 heterocycles. The summed E-state index contributed by atoms with van der Waals surface area (Å²) in [6.07, 6.45) is 4.18. The normalized spacial score (nSPS) is 22.6. The molecule has 0 bridgehead atoms. The van der Waals surface area contributed by atoms with Crippen molar-refractivity contribution in [2.75, 3.05) is 6.61 Å². The molecule has 3 nitrogen and oxygen atoms in total. The van der Waals surface area contributed by atoms with E-state index < -0.39 is 5.79 Å². The van der Waals surface area contributed by atoms with Crippen molar-refractivity contribution in [1.29, 1.82) is 0 Å². The number of unbranched alkanes of at least 4 members (excludes halogenated alkanes) is 3. The highest BCUT2D eigenvalue weighted by Gasteiger charge is 2.40. The lowest BCUT2D eigenvalue weighted by Gasteiger charge is -2.16. The van der Waals surface area contributed by atoms with Gasteiger partial charge in [0.15, 0.2) is 5.79 Å². The van der Waals surface area contributed by atoms with E-state index in [0.29, 0.717) is 13.2 Å². The maximum absolute atomic E-state index is 5.93. The van der Waals surface area contributed by atoms with Crippen molar-refractivity contribution in [2.45, 2.75) is 71.1 Å². The molecule has 0 N–H and O–H groups in total. The van der Waals surface area contributed by atoms with Gasteiger partial charge in [0.05, 0.1) is 13.2 Å². The predicted molar refractivity (Wildman–Crippen MR) is 91.8 cm³/mol. The maximum Gasteiger partial charge on any atom is 0.165 e. The van der Waals surface area contributed by atoms with Gasteiger partial charge < -0.3 is 14.2 Å². The average Bonchev–Trinajstić information content (AvgIpc) is 2.82. The SMILES string of the molecule is CCCCCC#C[C@@H]1OC(C)(C)O[C@H]1COCc1ccccc1. The van der Waals surface area contributed by atoms with Crippen LogP contribution in [-0.4, -0.2) is 24.6 Å². The highest BCUT2D eigenvalue weighted by molar-refractivity contribution is 5.13. The summed E-state index contributed by atoms with van der Waals surface area (Å²) in [7, 11) is 0. The Balaban J connectivity index is 1.82. The van der Waals surface area contributed by atoms with Crippen molar-refractivity contribution in [3.05, 3.63) is 35.9 Å². The minimum atomic E-state index is -0.594. The number of hydrogen-bond acceptors (Lipinski definition) is 3. The first-order valence-electron chi connectivity index (χ1n) is 8.56. The van der Waals surface area contributed by atoms with Crippen molar-refractivity contribution in [2.24, 2.45) is 0 Å². The number of rotatable bonds is 7. The van der Waals surface area contributed by atoms with Gasteiger partial charge in [-0.3, -0.25) is 0 Å². The van der Waals surface area contributed by atoms with Gasteiger partial charge in [-0.2, -0.15) is 0 Å². The van der Waals surface area contributed by atoms with Crippen LogP contribution in [0.3, 0.4) is 0 Å². The Morgan fingerprint density at radius 1 is 1.13 bits per heavy atom. The van der Waals surface area contributed by atoms with Crippen LogP contribution in [0.1, 0.15) is 52.0 Å². The molecule has 0 aliphatic carbocycles. The molecule has 3 heteroatoms. The largest absolute Gasteiger partial charge is 0.374 e. The van der Waals surface area contributed by atoms with E-state index in [0.717, 1.165) is 18.4 Å². The van der Waals surface area contributed by atoms with Gasteiger partial charge >= 0.3 is 0 Å². The van der Waals surface area contributed by atoms with Crippen LogP contribution in [0.2, 0.25) is 0 Å². The Labute approximate surface area is 140 Å². The smallest absolute Gasteiger partial charge is 0.165 e. The van der Waals surface area contributed by atoms with Gasteiger partial charge in [-0.25, -0.2) is 0 Å². The lowest BCUT2D eigenvalue weighted by atomic mass is 10.2. The third kappa shape index (κ3) is 6.35. The van der Waals surface area contributed by atoms with E-state index in [9.17, 15) is 0 Å². The first kappa shape index (κ1) is 18.0. The minimum absolute atomic E-state index is 0.132. The molecule has 1 aromatic rings. The van der Waals surface area contributed by atoms with Gasteiger partial charge in [-0.1, -0.05) is 56.0 Å². The summed E-state index contributed by atoms with van der Waals surface area (Å²) in [5.41, 5.74) is 1.16. The third-order valence-corrected chi connectivity index (χ3v) is 3.73. The van der Waals surface area contributed by atoms with Crippen LogP contribution in [0, 0.1) is 11.8 Å². The maximum atomic E-state index is 5.93. The monoisotopic (exact) mass is 316 g/mol. The van der Waals surface area contributed by atoms with E-state index in [2.05, 4.69) is 30.9 Å². The molecule has 2 atom stereocenters. The molecule has 0 saturated carbocycles. The van der Waals surface area contributed by atoms with E-state index in [4.69, 9.17) is 14.2 Å². The van der Waals surface area contributed by atoms with Crippen LogP contribution in [0.25, 0.3) is 0 Å². The van der Waals surface area contributed by atoms with Crippen molar-refractivity contribution < 1.29 is 14.2 Å². The fraction of sp³-hybridized carbons (Fsp3) is 0.600. The van der Waals surface area contributed by atoms with Crippen molar-refractivity contribution in [3.63, 3.8) is 0 Å². The summed E-state index contributed by atoms with van der Waals surface area (Å²) in [5.74, 6) is 5.85. The predicted octanol–water partition coefficient (Wildman–Crippen LogP) is 4.31. The average molecular weight is 316 g/mol. The van der Waals surface area contributed by atoms with E-state index >= 15 is 0 Å². The van der Waals surface area contributed by atoms with Crippen LogP contribution >= 0.6 is 0 Å². The Morgan fingerprint density at radius 3 is 2.65 bits per heavy atom. The van der Waals surface area contributed by atoms with Gasteiger partial charge in [0, 0.05) is 6.42 Å². The highest BCUT2D eigenvalue weighted by atomic mass is 16.8. The summed E-state index contributed by atoms with van der Waals surface area (Å²) in [6.45, 7) is 7.13. The molecule has 1 aliphatic heterocycles. The van der Waals surface area contributed by atoms with Crippen LogP contribution in [-0.2, 0) is 20.8 Å². The van der Waals surface area contributed by atoms with Crippen LogP contribution in [0.5, 0.6) is 0 Å². The van der Waals surface area contributed by atoms with Gasteiger partial charge in [-0.05, 0) is 25.8 Å². The molecule has 23 heavy (non-hydrogen) atoms. The third-order valence-electron chi connectivity index (χ3n) is 3.73. The second-order valence-electron chi connectivity index (χ2n) is 6.37. The summed E-state index contributed by atoms with van der Waals surface area (Å²) >= 11 is 0. The van der Waals surface area contributed by atoms with Crippen molar-refractivity contribution in [3.8, 4) is 11.8 Å². The van der Waals surface area contributed by atoms with Gasteiger partial charge in [0.25, 0.3) is 0 Å². The Bertz CT molecular complexity index is 513. The Hall–Kier alpha value is -1.34. The van der Waals surface area contributed by atoms with Crippen LogP contribution in [0.4, 0.5) is 0 Å². The zero-order valence-electron chi connectivity index (χ0n) is 14.5. The number of benzene rings is 1. The number of hydrogen-bond donors (Lipinski definition) is 0. The van der Waals surface area contributed by atoms with E-state index in [1.165, 1.54) is 12.8 Å². The standard InChI is InChI=1S/C20H28O3/c1-4-5-6-7-11-14-18-19(23-20(2,3)22-18)16-21-15-17-12-9-8-10-13-17/h8-10,12-13,18-19H,4-7,15-16H2,1-3H3/t18-,19-/m0/s1. The second-order valence-corrected chi connectivity index (χ2v) is 6.37. The molecule has 0 radical (unpaired) electrons. The molecule has 0 aromatic heterocycles. The van der Waals surface area contributed by atoms with Crippen molar-refractivity contribution >= 4 is 0 Å². The zero-order chi connectivity index (χ0) is 16.5. The fourth-order valence-electron chi connectivity index (χ4n) is 2.58. The van der Waals surface area contributed by atoms with Gasteiger partial charge in [0.2, 0.25) is 0 Å². The molecule has 1 aromatic carbocycles. The fourth-order valence-corrected chi connectivity index (χ4v) is 2.58. The van der Waals surface area contributed by atoms with Crippen LogP contribution in [0.15, 0.2) is 30.3 Å². The molecule has 0 unspecified atom stereocenters. The summed E-state index contributed by atoms with van der Waals surface area (Å²) in [4.78, 5) is 0. The molecule has 2 rings (SSSR count). The molecule has 1 aliphatic rings. The molecular formula is C20H28O3. The first-order valence-corrected chi connectivity index (χ1v) is 8.56. The summed E-state index contributed by atoms with van der Waals surface area (Å²) < 4.78 is 17.6. The molecule has 1 saturated heterocycles. The van der Waals surface area contributed by atoms with Crippen LogP contribution < -0.4 is 0 Å². The zero-order valence-corrected chi connectivity index (χ0v) is 14.5. The molecular weight excluding hydrogens is 288 g/mol. The topological polar surface area (TPSA) is 27.7 Å². The molecule has 126 valence electrons.